The summed E-state index contributed by atoms with van der Waals surface area (Å²) in [7, 11) is 0. The van der Waals surface area contributed by atoms with Gasteiger partial charge in [-0.15, -0.1) is 0 Å². The molecule has 0 unspecified atom stereocenters. The fourth-order valence-corrected chi connectivity index (χ4v) is 9.04. The average molecular weight is 687 g/mol. The average Bonchev–Trinajstić information content (AvgIpc) is 3.76. The maximum absolute atomic E-state index is 5.53. The van der Waals surface area contributed by atoms with E-state index in [0.717, 1.165) is 56.0 Å². The Balaban J connectivity index is 1.42. The third kappa shape index (κ3) is 3.97. The van der Waals surface area contributed by atoms with Crippen LogP contribution < -0.4 is 0 Å². The Labute approximate surface area is 310 Å². The zero-order valence-electron chi connectivity index (χ0n) is 29.1. The van der Waals surface area contributed by atoms with E-state index in [2.05, 4.69) is 179 Å². The van der Waals surface area contributed by atoms with Gasteiger partial charge >= 0.3 is 0 Å². The minimum atomic E-state index is 0.813. The van der Waals surface area contributed by atoms with Crippen molar-refractivity contribution in [3.63, 3.8) is 0 Å². The lowest BCUT2D eigenvalue weighted by molar-refractivity contribution is 1.08. The van der Waals surface area contributed by atoms with Crippen molar-refractivity contribution in [1.82, 2.24) is 19.1 Å². The van der Waals surface area contributed by atoms with E-state index in [0.29, 0.717) is 0 Å². The highest BCUT2D eigenvalue weighted by Crippen LogP contribution is 2.50. The van der Waals surface area contributed by atoms with Crippen molar-refractivity contribution < 1.29 is 0 Å². The van der Waals surface area contributed by atoms with Crippen LogP contribution in [-0.4, -0.2) is 19.1 Å². The van der Waals surface area contributed by atoms with Crippen LogP contribution in [0.1, 0.15) is 0 Å². The molecule has 4 nitrogen and oxygen atoms in total. The molecule has 0 saturated carbocycles. The molecule has 0 fully saturated rings. The van der Waals surface area contributed by atoms with Crippen LogP contribution in [-0.2, 0) is 0 Å². The van der Waals surface area contributed by atoms with Crippen molar-refractivity contribution in [3.8, 4) is 33.9 Å². The molecule has 0 aliphatic rings. The summed E-state index contributed by atoms with van der Waals surface area (Å²) >= 11 is 0. The van der Waals surface area contributed by atoms with Gasteiger partial charge < -0.3 is 4.57 Å². The second-order valence-electron chi connectivity index (χ2n) is 14.1. The molecule has 0 spiro atoms. The quantitative estimate of drug-likeness (QED) is 0.185. The maximum Gasteiger partial charge on any atom is 0.165 e. The van der Waals surface area contributed by atoms with Crippen LogP contribution in [0.25, 0.3) is 110 Å². The molecule has 3 aromatic heterocycles. The Morgan fingerprint density at radius 3 is 1.54 bits per heavy atom. The van der Waals surface area contributed by atoms with Gasteiger partial charge in [-0.2, -0.15) is 0 Å². The zero-order chi connectivity index (χ0) is 35.3. The first-order chi connectivity index (χ1) is 26.8. The van der Waals surface area contributed by atoms with E-state index >= 15 is 0 Å². The molecule has 0 atom stereocenters. The highest BCUT2D eigenvalue weighted by Gasteiger charge is 2.28. The first-order valence-electron chi connectivity index (χ1n) is 18.4. The van der Waals surface area contributed by atoms with Gasteiger partial charge in [-0.05, 0) is 69.6 Å². The Bertz CT molecular complexity index is 3410. The Morgan fingerprint density at radius 2 is 0.870 bits per heavy atom. The van der Waals surface area contributed by atoms with E-state index in [1.165, 1.54) is 54.1 Å². The largest absolute Gasteiger partial charge is 0.309 e. The standard InChI is InChI=1S/C50H30N4/c1-4-16-31(17-5-1)38-30-43-46-44-36(24-14-28-41(44)53(43)33-20-8-3-9-21-33)34-22-10-11-23-35(34)37-25-15-29-42-45(37)47(46)49(38)54(42)50-48(32-18-6-2-7-19-32)51-39-26-12-13-27-40(39)52-50/h1-30H. The molecule has 0 aliphatic heterocycles. The number of benzene rings is 8. The molecule has 9 aromatic carbocycles. The molecule has 0 bridgehead atoms. The summed E-state index contributed by atoms with van der Waals surface area (Å²) in [5.74, 6) is 0.813. The second kappa shape index (κ2) is 11.1. The SMILES string of the molecule is c1ccc(-c2nc3ccccc3nc2-n2c3cccc4c5ccccc5c5cccc6c5c5c(c43)c2c(-c2ccccc2)cc5n6-c2ccccc2)cc1. The predicted molar refractivity (Wildman–Crippen MR) is 225 cm³/mol. The number of fused-ring (bicyclic) bond motifs is 4. The summed E-state index contributed by atoms with van der Waals surface area (Å²) in [6, 6.07) is 65.3. The van der Waals surface area contributed by atoms with Crippen molar-refractivity contribution in [2.75, 3.05) is 0 Å². The minimum absolute atomic E-state index is 0.813. The minimum Gasteiger partial charge on any atom is -0.309 e. The third-order valence-electron chi connectivity index (χ3n) is 11.2. The van der Waals surface area contributed by atoms with Gasteiger partial charge in [-0.25, -0.2) is 9.97 Å². The van der Waals surface area contributed by atoms with Gasteiger partial charge in [0.2, 0.25) is 0 Å². The van der Waals surface area contributed by atoms with Crippen molar-refractivity contribution >= 4 is 76.2 Å². The lowest BCUT2D eigenvalue weighted by atomic mass is 9.92. The summed E-state index contributed by atoms with van der Waals surface area (Å²) < 4.78 is 4.88. The molecule has 12 aromatic rings. The maximum atomic E-state index is 5.53. The van der Waals surface area contributed by atoms with E-state index in [4.69, 9.17) is 9.97 Å². The van der Waals surface area contributed by atoms with Crippen LogP contribution >= 0.6 is 0 Å². The lowest BCUT2D eigenvalue weighted by Crippen LogP contribution is -2.04. The Hall–Kier alpha value is -7.30. The van der Waals surface area contributed by atoms with Crippen LogP contribution in [0.15, 0.2) is 182 Å². The summed E-state index contributed by atoms with van der Waals surface area (Å²) in [5.41, 5.74) is 11.6. The fourth-order valence-electron chi connectivity index (χ4n) is 9.04. The highest BCUT2D eigenvalue weighted by molar-refractivity contribution is 6.40. The molecular weight excluding hydrogens is 657 g/mol. The van der Waals surface area contributed by atoms with Gasteiger partial charge in [0.25, 0.3) is 0 Å². The van der Waals surface area contributed by atoms with Gasteiger partial charge in [0, 0.05) is 38.4 Å². The first kappa shape index (κ1) is 29.3. The molecule has 0 N–H and O–H groups in total. The van der Waals surface area contributed by atoms with E-state index in [1.807, 2.05) is 12.1 Å². The molecule has 0 radical (unpaired) electrons. The second-order valence-corrected chi connectivity index (χ2v) is 14.1. The normalized spacial score (nSPS) is 12.1. The van der Waals surface area contributed by atoms with E-state index in [-0.39, 0.29) is 0 Å². The molecular formula is C50H30N4. The Morgan fingerprint density at radius 1 is 0.352 bits per heavy atom. The summed E-state index contributed by atoms with van der Waals surface area (Å²) in [5, 5.41) is 9.86. The van der Waals surface area contributed by atoms with Gasteiger partial charge in [0.15, 0.2) is 5.82 Å². The van der Waals surface area contributed by atoms with E-state index in [1.54, 1.807) is 0 Å². The molecule has 54 heavy (non-hydrogen) atoms. The van der Waals surface area contributed by atoms with Crippen LogP contribution in [0, 0.1) is 0 Å². The van der Waals surface area contributed by atoms with Gasteiger partial charge in [0.1, 0.15) is 5.69 Å². The van der Waals surface area contributed by atoms with Crippen LogP contribution in [0.5, 0.6) is 0 Å². The smallest absolute Gasteiger partial charge is 0.165 e. The molecule has 0 saturated heterocycles. The van der Waals surface area contributed by atoms with Crippen molar-refractivity contribution in [3.05, 3.63) is 182 Å². The van der Waals surface area contributed by atoms with Crippen LogP contribution in [0.2, 0.25) is 0 Å². The van der Waals surface area contributed by atoms with Crippen LogP contribution in [0.3, 0.4) is 0 Å². The van der Waals surface area contributed by atoms with Crippen LogP contribution in [0.4, 0.5) is 0 Å². The predicted octanol–water partition coefficient (Wildman–Crippen LogP) is 12.9. The lowest BCUT2D eigenvalue weighted by Gasteiger charge is -2.16. The van der Waals surface area contributed by atoms with Crippen molar-refractivity contribution in [2.24, 2.45) is 0 Å². The van der Waals surface area contributed by atoms with Crippen molar-refractivity contribution in [2.45, 2.75) is 0 Å². The number of nitrogens with zero attached hydrogens (tertiary/aromatic N) is 4. The summed E-state index contributed by atoms with van der Waals surface area (Å²) in [6.45, 7) is 0. The molecule has 3 heterocycles. The van der Waals surface area contributed by atoms with Gasteiger partial charge in [-0.3, -0.25) is 4.57 Å². The topological polar surface area (TPSA) is 35.6 Å². The van der Waals surface area contributed by atoms with Gasteiger partial charge in [-0.1, -0.05) is 140 Å². The zero-order valence-corrected chi connectivity index (χ0v) is 29.1. The fraction of sp³-hybridized carbons (Fsp3) is 0. The molecule has 0 amide bonds. The number of rotatable bonds is 4. The molecule has 0 aliphatic carbocycles. The number of hydrogen-bond acceptors (Lipinski definition) is 2. The Kier molecular flexibility index (Phi) is 6.02. The number of aromatic nitrogens is 4. The van der Waals surface area contributed by atoms with Crippen molar-refractivity contribution in [1.29, 1.82) is 0 Å². The summed E-state index contributed by atoms with van der Waals surface area (Å²) in [6.07, 6.45) is 0. The monoisotopic (exact) mass is 686 g/mol. The first-order valence-corrected chi connectivity index (χ1v) is 18.4. The highest BCUT2D eigenvalue weighted by atomic mass is 15.1. The van der Waals surface area contributed by atoms with Gasteiger partial charge in [0.05, 0.1) is 33.1 Å². The van der Waals surface area contributed by atoms with E-state index < -0.39 is 0 Å². The summed E-state index contributed by atoms with van der Waals surface area (Å²) in [4.78, 5) is 10.9. The molecule has 4 heteroatoms. The molecule has 250 valence electrons. The number of hydrogen-bond donors (Lipinski definition) is 0. The molecule has 12 rings (SSSR count). The third-order valence-corrected chi connectivity index (χ3v) is 11.2. The van der Waals surface area contributed by atoms with E-state index in [9.17, 15) is 0 Å². The number of para-hydroxylation sites is 3.